The molecule has 2 aromatic rings. The molecule has 0 amide bonds. The van der Waals surface area contributed by atoms with Gasteiger partial charge in [-0.2, -0.15) is 0 Å². The minimum Gasteiger partial charge on any atom is -0.380 e. The van der Waals surface area contributed by atoms with E-state index in [0.29, 0.717) is 38.3 Å². The number of nitrogens with one attached hydrogen (secondary N) is 1. The second-order valence-corrected chi connectivity index (χ2v) is 12.2. The van der Waals surface area contributed by atoms with Crippen molar-refractivity contribution < 1.29 is 18.9 Å². The van der Waals surface area contributed by atoms with E-state index in [1.807, 2.05) is 11.8 Å². The lowest BCUT2D eigenvalue weighted by atomic mass is 9.96. The molecule has 236 valence electrons. The first-order valence-corrected chi connectivity index (χ1v) is 16.8. The molecule has 1 aliphatic heterocycles. The van der Waals surface area contributed by atoms with Crippen LogP contribution in [0.2, 0.25) is 0 Å². The fourth-order valence-electron chi connectivity index (χ4n) is 5.21. The smallest absolute Gasteiger partial charge is 0.0641 e. The number of ether oxygens (including phenoxy) is 4. The Hall–Kier alpha value is -1.97. The molecule has 1 aliphatic rings. The minimum atomic E-state index is 0.378. The van der Waals surface area contributed by atoms with E-state index in [-0.39, 0.29) is 0 Å². The Morgan fingerprint density at radius 3 is 1.19 bits per heavy atom. The lowest BCUT2D eigenvalue weighted by Gasteiger charge is -2.33. The summed E-state index contributed by atoms with van der Waals surface area (Å²) in [6.45, 7) is 26.4. The summed E-state index contributed by atoms with van der Waals surface area (Å²) in [6, 6.07) is 9.44. The Kier molecular flexibility index (Phi) is 14.8. The van der Waals surface area contributed by atoms with Gasteiger partial charge in [0.15, 0.2) is 0 Å². The van der Waals surface area contributed by atoms with Crippen molar-refractivity contribution in [3.8, 4) is 0 Å². The van der Waals surface area contributed by atoms with Crippen molar-refractivity contribution in [3.05, 3.63) is 35.4 Å². The number of anilines is 4. The van der Waals surface area contributed by atoms with Crippen LogP contribution < -0.4 is 15.1 Å². The maximum atomic E-state index is 5.75. The van der Waals surface area contributed by atoms with Gasteiger partial charge in [0.1, 0.15) is 0 Å². The van der Waals surface area contributed by atoms with E-state index in [4.69, 9.17) is 18.9 Å². The topological polar surface area (TPSA) is 55.4 Å². The summed E-state index contributed by atoms with van der Waals surface area (Å²) >= 11 is 1.88. The molecule has 0 saturated carbocycles. The lowest BCUT2D eigenvalue weighted by Crippen LogP contribution is -2.31. The van der Waals surface area contributed by atoms with E-state index in [0.717, 1.165) is 52.6 Å². The van der Waals surface area contributed by atoms with Gasteiger partial charge in [-0.15, -0.1) is 0 Å². The van der Waals surface area contributed by atoms with Crippen LogP contribution in [0.25, 0.3) is 0 Å². The summed E-state index contributed by atoms with van der Waals surface area (Å²) in [5.74, 6) is 0.756. The largest absolute Gasteiger partial charge is 0.380 e. The maximum absolute atomic E-state index is 5.75. The van der Waals surface area contributed by atoms with Crippen molar-refractivity contribution >= 4 is 34.5 Å². The van der Waals surface area contributed by atoms with Crippen LogP contribution in [-0.2, 0) is 18.9 Å². The van der Waals surface area contributed by atoms with Crippen LogP contribution in [0, 0.1) is 0 Å². The Morgan fingerprint density at radius 1 is 0.571 bits per heavy atom. The Bertz CT molecular complexity index is 991. The third kappa shape index (κ3) is 9.52. The molecule has 0 aliphatic carbocycles. The predicted octanol–water partition coefficient (Wildman–Crippen LogP) is 7.90. The standard InChI is InChI=1S/C34H55N3O4S/c1-9-38-17-13-36(14-18-39-10-2)27-21-29(25(5)6)33-31(23-27)42-32-24-28(22-30(26(7)8)34(32)35-33)37(15-19-40-11-3)16-20-41-12-4/h21-26,35H,9-20H2,1-8H3. The van der Waals surface area contributed by atoms with Gasteiger partial charge in [0.05, 0.1) is 37.8 Å². The normalized spacial score (nSPS) is 12.4. The molecule has 0 bridgehead atoms. The number of hydrogen-bond acceptors (Lipinski definition) is 8. The SMILES string of the molecule is CCOCCN(CCOCC)c1cc2c(c(C(C)C)c1)Nc1c(cc(N(CCOCC)CCOCC)cc1C(C)C)S2. The highest BCUT2D eigenvalue weighted by Crippen LogP contribution is 2.52. The zero-order chi connectivity index (χ0) is 30.5. The fourth-order valence-corrected chi connectivity index (χ4v) is 6.35. The highest BCUT2D eigenvalue weighted by molar-refractivity contribution is 7.99. The Morgan fingerprint density at radius 2 is 0.905 bits per heavy atom. The third-order valence-corrected chi connectivity index (χ3v) is 8.60. The molecule has 3 rings (SSSR count). The monoisotopic (exact) mass is 601 g/mol. The summed E-state index contributed by atoms with van der Waals surface area (Å²) in [4.78, 5) is 7.35. The van der Waals surface area contributed by atoms with Crippen molar-refractivity contribution in [2.24, 2.45) is 0 Å². The van der Waals surface area contributed by atoms with Gasteiger partial charge in [-0.05, 0) is 74.9 Å². The average molecular weight is 602 g/mol. The summed E-state index contributed by atoms with van der Waals surface area (Å²) < 4.78 is 23.0. The first kappa shape index (κ1) is 34.5. The van der Waals surface area contributed by atoms with Crippen LogP contribution in [-0.4, -0.2) is 79.0 Å². The second kappa shape index (κ2) is 18.0. The first-order valence-electron chi connectivity index (χ1n) is 16.0. The van der Waals surface area contributed by atoms with Gasteiger partial charge in [0, 0.05) is 73.8 Å². The van der Waals surface area contributed by atoms with E-state index in [1.165, 1.54) is 43.7 Å². The zero-order valence-corrected chi connectivity index (χ0v) is 28.2. The number of hydrogen-bond donors (Lipinski definition) is 1. The number of rotatable bonds is 20. The molecular weight excluding hydrogens is 546 g/mol. The highest BCUT2D eigenvalue weighted by Gasteiger charge is 2.26. The molecule has 0 atom stereocenters. The van der Waals surface area contributed by atoms with Crippen LogP contribution in [0.1, 0.15) is 78.4 Å². The molecule has 8 heteroatoms. The molecule has 7 nitrogen and oxygen atoms in total. The minimum absolute atomic E-state index is 0.378. The number of benzene rings is 2. The number of fused-ring (bicyclic) bond motifs is 2. The summed E-state index contributed by atoms with van der Waals surface area (Å²) in [5.41, 5.74) is 7.61. The fraction of sp³-hybridized carbons (Fsp3) is 0.647. The molecule has 2 aromatic carbocycles. The highest BCUT2D eigenvalue weighted by atomic mass is 32.2. The molecule has 1 heterocycles. The van der Waals surface area contributed by atoms with Gasteiger partial charge in [0.25, 0.3) is 0 Å². The summed E-state index contributed by atoms with van der Waals surface area (Å²) in [7, 11) is 0. The van der Waals surface area contributed by atoms with Crippen molar-refractivity contribution in [2.45, 2.75) is 77.0 Å². The summed E-state index contributed by atoms with van der Waals surface area (Å²) in [6.07, 6.45) is 0. The Labute approximate surface area is 259 Å². The molecule has 0 fully saturated rings. The molecule has 0 saturated heterocycles. The van der Waals surface area contributed by atoms with Gasteiger partial charge in [0.2, 0.25) is 0 Å². The van der Waals surface area contributed by atoms with E-state index < -0.39 is 0 Å². The van der Waals surface area contributed by atoms with Crippen LogP contribution in [0.3, 0.4) is 0 Å². The van der Waals surface area contributed by atoms with Gasteiger partial charge in [-0.25, -0.2) is 0 Å². The van der Waals surface area contributed by atoms with E-state index in [9.17, 15) is 0 Å². The molecule has 42 heavy (non-hydrogen) atoms. The van der Waals surface area contributed by atoms with Crippen LogP contribution in [0.15, 0.2) is 34.1 Å². The van der Waals surface area contributed by atoms with Crippen molar-refractivity contribution in [3.63, 3.8) is 0 Å². The first-order chi connectivity index (χ1) is 20.3. The lowest BCUT2D eigenvalue weighted by molar-refractivity contribution is 0.141. The zero-order valence-electron chi connectivity index (χ0n) is 27.4. The average Bonchev–Trinajstić information content (AvgIpc) is 2.97. The van der Waals surface area contributed by atoms with E-state index >= 15 is 0 Å². The maximum Gasteiger partial charge on any atom is 0.0641 e. The molecule has 0 unspecified atom stereocenters. The van der Waals surface area contributed by atoms with Gasteiger partial charge in [-0.1, -0.05) is 39.5 Å². The van der Waals surface area contributed by atoms with Crippen molar-refractivity contribution in [1.82, 2.24) is 0 Å². The van der Waals surface area contributed by atoms with Crippen LogP contribution in [0.4, 0.5) is 22.7 Å². The molecule has 0 spiro atoms. The Balaban J connectivity index is 2.03. The van der Waals surface area contributed by atoms with E-state index in [1.54, 1.807) is 0 Å². The second-order valence-electron chi connectivity index (χ2n) is 11.1. The van der Waals surface area contributed by atoms with Crippen LogP contribution in [0.5, 0.6) is 0 Å². The quantitative estimate of drug-likeness (QED) is 0.131. The molecule has 0 radical (unpaired) electrons. The molecular formula is C34H55N3O4S. The molecule has 1 N–H and O–H groups in total. The van der Waals surface area contributed by atoms with Gasteiger partial charge >= 0.3 is 0 Å². The van der Waals surface area contributed by atoms with Gasteiger partial charge in [-0.3, -0.25) is 0 Å². The summed E-state index contributed by atoms with van der Waals surface area (Å²) in [5, 5.41) is 3.93. The van der Waals surface area contributed by atoms with Gasteiger partial charge < -0.3 is 34.1 Å². The van der Waals surface area contributed by atoms with E-state index in [2.05, 4.69) is 94.8 Å². The van der Waals surface area contributed by atoms with Crippen molar-refractivity contribution in [1.29, 1.82) is 0 Å². The molecule has 0 aromatic heterocycles. The third-order valence-electron chi connectivity index (χ3n) is 7.52. The van der Waals surface area contributed by atoms with Crippen LogP contribution >= 0.6 is 11.8 Å². The number of nitrogens with zero attached hydrogens (tertiary/aromatic N) is 2. The van der Waals surface area contributed by atoms with Crippen molar-refractivity contribution in [2.75, 3.05) is 94.2 Å². The predicted molar refractivity (Wildman–Crippen MR) is 179 cm³/mol.